The van der Waals surface area contributed by atoms with Gasteiger partial charge in [-0.15, -0.1) is 0 Å². The molecule has 0 aliphatic heterocycles. The van der Waals surface area contributed by atoms with Gasteiger partial charge in [0.2, 0.25) is 0 Å². The summed E-state index contributed by atoms with van der Waals surface area (Å²) in [4.78, 5) is 14.6. The van der Waals surface area contributed by atoms with Crippen LogP contribution >= 0.6 is 0 Å². The van der Waals surface area contributed by atoms with Crippen molar-refractivity contribution in [2.75, 3.05) is 18.0 Å². The number of amides is 1. The van der Waals surface area contributed by atoms with Gasteiger partial charge in [-0.05, 0) is 81.8 Å². The number of nitrogens with zero attached hydrogens (tertiary/aromatic N) is 3. The Kier molecular flexibility index (Phi) is 6.50. The van der Waals surface area contributed by atoms with E-state index in [4.69, 9.17) is 0 Å². The fourth-order valence-electron chi connectivity index (χ4n) is 3.43. The fourth-order valence-corrected chi connectivity index (χ4v) is 3.43. The first-order valence-electron chi connectivity index (χ1n) is 9.97. The molecule has 2 aromatic carbocycles. The minimum Gasteiger partial charge on any atom is -0.372 e. The average molecular weight is 389 g/mol. The second-order valence-electron chi connectivity index (χ2n) is 6.96. The molecule has 1 N–H and O–H groups in total. The van der Waals surface area contributed by atoms with Crippen molar-refractivity contribution < 1.29 is 4.79 Å². The number of nitrogens with one attached hydrogen (secondary N) is 1. The molecule has 0 saturated heterocycles. The van der Waals surface area contributed by atoms with Crippen molar-refractivity contribution in [3.05, 3.63) is 83.2 Å². The van der Waals surface area contributed by atoms with Crippen LogP contribution in [-0.2, 0) is 0 Å². The van der Waals surface area contributed by atoms with Crippen LogP contribution in [0.3, 0.4) is 0 Å². The van der Waals surface area contributed by atoms with Crippen molar-refractivity contribution in [2.24, 2.45) is 5.10 Å². The van der Waals surface area contributed by atoms with Crippen molar-refractivity contribution in [3.63, 3.8) is 0 Å². The Bertz CT molecular complexity index is 961. The molecule has 0 radical (unpaired) electrons. The van der Waals surface area contributed by atoms with Crippen LogP contribution in [0.2, 0.25) is 0 Å². The van der Waals surface area contributed by atoms with Gasteiger partial charge in [0.15, 0.2) is 0 Å². The zero-order valence-electron chi connectivity index (χ0n) is 17.5. The van der Waals surface area contributed by atoms with Crippen LogP contribution in [-0.4, -0.2) is 29.8 Å². The summed E-state index contributed by atoms with van der Waals surface area (Å²) in [6, 6.07) is 19.8. The molecule has 1 aromatic heterocycles. The molecule has 0 spiro atoms. The van der Waals surface area contributed by atoms with Crippen molar-refractivity contribution in [1.29, 1.82) is 0 Å². The molecule has 1 heterocycles. The second-order valence-corrected chi connectivity index (χ2v) is 6.96. The van der Waals surface area contributed by atoms with E-state index in [1.165, 1.54) is 5.69 Å². The highest BCUT2D eigenvalue weighted by Gasteiger charge is 2.07. The lowest BCUT2D eigenvalue weighted by Gasteiger charge is -2.20. The predicted octanol–water partition coefficient (Wildman–Crippen LogP) is 4.70. The molecule has 150 valence electrons. The topological polar surface area (TPSA) is 49.6 Å². The normalized spacial score (nSPS) is 11.0. The molecule has 0 unspecified atom stereocenters. The third-order valence-electron chi connectivity index (χ3n) is 5.06. The Balaban J connectivity index is 1.62. The van der Waals surface area contributed by atoms with E-state index in [1.54, 1.807) is 6.21 Å². The Hall–Kier alpha value is -3.34. The molecular weight excluding hydrogens is 360 g/mol. The van der Waals surface area contributed by atoms with E-state index in [-0.39, 0.29) is 5.91 Å². The summed E-state index contributed by atoms with van der Waals surface area (Å²) in [5.41, 5.74) is 8.66. The fraction of sp³-hybridized carbons (Fsp3) is 0.250. The maximum Gasteiger partial charge on any atom is 0.271 e. The Labute approximate surface area is 172 Å². The van der Waals surface area contributed by atoms with Gasteiger partial charge in [-0.3, -0.25) is 4.79 Å². The number of rotatable bonds is 7. The zero-order chi connectivity index (χ0) is 20.8. The maximum absolute atomic E-state index is 12.3. The van der Waals surface area contributed by atoms with Gasteiger partial charge in [-0.2, -0.15) is 5.10 Å². The molecular formula is C24H28N4O. The summed E-state index contributed by atoms with van der Waals surface area (Å²) in [6.07, 6.45) is 1.66. The first-order valence-corrected chi connectivity index (χ1v) is 9.97. The SMILES string of the molecule is CCN(CC)c1ccc(/C=N/NC(=O)c2ccc(-n3c(C)ccc3C)cc2)cc1. The average Bonchev–Trinajstić information content (AvgIpc) is 3.08. The molecule has 5 heteroatoms. The Morgan fingerprint density at radius 2 is 1.52 bits per heavy atom. The maximum atomic E-state index is 12.3. The lowest BCUT2D eigenvalue weighted by molar-refractivity contribution is 0.0955. The van der Waals surface area contributed by atoms with Crippen LogP contribution in [0.15, 0.2) is 65.8 Å². The highest BCUT2D eigenvalue weighted by molar-refractivity contribution is 5.95. The highest BCUT2D eigenvalue weighted by atomic mass is 16.2. The molecule has 0 fully saturated rings. The van der Waals surface area contributed by atoms with Gasteiger partial charge in [0.25, 0.3) is 5.91 Å². The first kappa shape index (κ1) is 20.4. The number of hydrazone groups is 1. The molecule has 0 aliphatic rings. The molecule has 0 atom stereocenters. The van der Waals surface area contributed by atoms with Crippen molar-refractivity contribution in [3.8, 4) is 5.69 Å². The molecule has 5 nitrogen and oxygen atoms in total. The van der Waals surface area contributed by atoms with Gasteiger partial charge in [0.1, 0.15) is 0 Å². The molecule has 29 heavy (non-hydrogen) atoms. The smallest absolute Gasteiger partial charge is 0.271 e. The minimum atomic E-state index is -0.228. The number of aryl methyl sites for hydroxylation is 2. The van der Waals surface area contributed by atoms with Crippen LogP contribution in [0.25, 0.3) is 5.69 Å². The zero-order valence-corrected chi connectivity index (χ0v) is 17.5. The van der Waals surface area contributed by atoms with Gasteiger partial charge in [-0.1, -0.05) is 12.1 Å². The van der Waals surface area contributed by atoms with Gasteiger partial charge >= 0.3 is 0 Å². The third-order valence-corrected chi connectivity index (χ3v) is 5.06. The van der Waals surface area contributed by atoms with Crippen LogP contribution in [0, 0.1) is 13.8 Å². The largest absolute Gasteiger partial charge is 0.372 e. The lowest BCUT2D eigenvalue weighted by Crippen LogP contribution is -2.21. The van der Waals surface area contributed by atoms with E-state index in [9.17, 15) is 4.79 Å². The quantitative estimate of drug-likeness (QED) is 0.471. The highest BCUT2D eigenvalue weighted by Crippen LogP contribution is 2.17. The van der Waals surface area contributed by atoms with Crippen LogP contribution in [0.4, 0.5) is 5.69 Å². The molecule has 3 aromatic rings. The summed E-state index contributed by atoms with van der Waals surface area (Å²) in [7, 11) is 0. The number of carbonyl (C=O) groups excluding carboxylic acids is 1. The number of hydrogen-bond acceptors (Lipinski definition) is 3. The van der Waals surface area contributed by atoms with E-state index in [2.05, 4.69) is 72.0 Å². The molecule has 0 aliphatic carbocycles. The summed E-state index contributed by atoms with van der Waals surface area (Å²) in [6.45, 7) is 10.4. The second kappa shape index (κ2) is 9.24. The summed E-state index contributed by atoms with van der Waals surface area (Å²) >= 11 is 0. The molecule has 0 bridgehead atoms. The summed E-state index contributed by atoms with van der Waals surface area (Å²) in [5, 5.41) is 4.09. The van der Waals surface area contributed by atoms with E-state index < -0.39 is 0 Å². The standard InChI is InChI=1S/C24H28N4O/c1-5-27(6-2)22-13-9-20(10-14-22)17-25-26-24(29)21-11-15-23(16-12-21)28-18(3)7-8-19(28)4/h7-17H,5-6H2,1-4H3,(H,26,29)/b25-17+. The van der Waals surface area contributed by atoms with Crippen molar-refractivity contribution in [1.82, 2.24) is 9.99 Å². The number of benzene rings is 2. The van der Waals surface area contributed by atoms with E-state index in [0.717, 1.165) is 35.7 Å². The molecule has 3 rings (SSSR count). The molecule has 1 amide bonds. The number of aromatic nitrogens is 1. The van der Waals surface area contributed by atoms with Gasteiger partial charge < -0.3 is 9.47 Å². The lowest BCUT2D eigenvalue weighted by atomic mass is 10.2. The third kappa shape index (κ3) is 4.74. The van der Waals surface area contributed by atoms with Crippen LogP contribution in [0.5, 0.6) is 0 Å². The van der Waals surface area contributed by atoms with Gasteiger partial charge in [0.05, 0.1) is 6.21 Å². The predicted molar refractivity (Wildman–Crippen MR) is 120 cm³/mol. The van der Waals surface area contributed by atoms with E-state index in [0.29, 0.717) is 5.56 Å². The Morgan fingerprint density at radius 1 is 0.931 bits per heavy atom. The first-order chi connectivity index (χ1) is 14.0. The number of carbonyl (C=O) groups is 1. The summed E-state index contributed by atoms with van der Waals surface area (Å²) < 4.78 is 2.15. The monoisotopic (exact) mass is 388 g/mol. The summed E-state index contributed by atoms with van der Waals surface area (Å²) in [5.74, 6) is -0.228. The van der Waals surface area contributed by atoms with Crippen molar-refractivity contribution in [2.45, 2.75) is 27.7 Å². The molecule has 0 saturated carbocycles. The Morgan fingerprint density at radius 3 is 2.07 bits per heavy atom. The van der Waals surface area contributed by atoms with E-state index >= 15 is 0 Å². The van der Waals surface area contributed by atoms with Crippen molar-refractivity contribution >= 4 is 17.8 Å². The van der Waals surface area contributed by atoms with E-state index in [1.807, 2.05) is 36.4 Å². The number of anilines is 1. The van der Waals surface area contributed by atoms with Crippen LogP contribution in [0.1, 0.15) is 41.2 Å². The van der Waals surface area contributed by atoms with Gasteiger partial charge in [0, 0.05) is 41.4 Å². The number of hydrogen-bond donors (Lipinski definition) is 1. The van der Waals surface area contributed by atoms with Crippen LogP contribution < -0.4 is 10.3 Å². The minimum absolute atomic E-state index is 0.228. The van der Waals surface area contributed by atoms with Gasteiger partial charge in [-0.25, -0.2) is 5.43 Å².